The van der Waals surface area contributed by atoms with Crippen LogP contribution in [-0.4, -0.2) is 18.0 Å². The van der Waals surface area contributed by atoms with E-state index in [9.17, 15) is 4.79 Å². The molecule has 3 nitrogen and oxygen atoms in total. The molecule has 17 heavy (non-hydrogen) atoms. The molecule has 1 fully saturated rings. The highest BCUT2D eigenvalue weighted by Crippen LogP contribution is 2.35. The van der Waals surface area contributed by atoms with Gasteiger partial charge in [-0.15, -0.1) is 0 Å². The van der Waals surface area contributed by atoms with Crippen molar-refractivity contribution in [2.45, 2.75) is 72.4 Å². The number of carbonyl (C=O) groups is 1. The van der Waals surface area contributed by atoms with Crippen molar-refractivity contribution in [3.05, 3.63) is 0 Å². The van der Waals surface area contributed by atoms with Crippen LogP contribution in [0.5, 0.6) is 0 Å². The molecular weight excluding hydrogens is 212 g/mol. The van der Waals surface area contributed by atoms with E-state index in [4.69, 9.17) is 5.73 Å². The summed E-state index contributed by atoms with van der Waals surface area (Å²) in [6.45, 7) is 10.6. The Balaban J connectivity index is 2.52. The summed E-state index contributed by atoms with van der Waals surface area (Å²) in [5.41, 5.74) is 6.14. The second-order valence-electron chi connectivity index (χ2n) is 7.31. The van der Waals surface area contributed by atoms with E-state index in [1.807, 2.05) is 20.8 Å². The van der Waals surface area contributed by atoms with Crippen LogP contribution in [0, 0.1) is 10.8 Å². The van der Waals surface area contributed by atoms with Crippen molar-refractivity contribution >= 4 is 5.91 Å². The van der Waals surface area contributed by atoms with Crippen LogP contribution in [0.15, 0.2) is 0 Å². The Hall–Kier alpha value is -0.570. The molecule has 1 amide bonds. The minimum absolute atomic E-state index is 0.000185. The topological polar surface area (TPSA) is 55.1 Å². The predicted octanol–water partition coefficient (Wildman–Crippen LogP) is 2.44. The fourth-order valence-electron chi connectivity index (χ4n) is 2.51. The number of nitrogens with one attached hydrogen (secondary N) is 1. The van der Waals surface area contributed by atoms with E-state index in [1.54, 1.807) is 0 Å². The zero-order valence-electron chi connectivity index (χ0n) is 12.0. The Morgan fingerprint density at radius 1 is 1.41 bits per heavy atom. The third-order valence-corrected chi connectivity index (χ3v) is 3.77. The fourth-order valence-corrected chi connectivity index (χ4v) is 2.51. The third kappa shape index (κ3) is 4.30. The van der Waals surface area contributed by atoms with Gasteiger partial charge < -0.3 is 11.1 Å². The summed E-state index contributed by atoms with van der Waals surface area (Å²) in [6.07, 6.45) is 4.61. The number of hydrogen-bond donors (Lipinski definition) is 2. The summed E-state index contributed by atoms with van der Waals surface area (Å²) in [4.78, 5) is 12.0. The summed E-state index contributed by atoms with van der Waals surface area (Å²) >= 11 is 0. The van der Waals surface area contributed by atoms with Crippen LogP contribution in [0.25, 0.3) is 0 Å². The molecule has 100 valence electrons. The quantitative estimate of drug-likeness (QED) is 0.779. The van der Waals surface area contributed by atoms with Crippen molar-refractivity contribution in [2.24, 2.45) is 16.6 Å². The van der Waals surface area contributed by atoms with Crippen LogP contribution in [0.1, 0.15) is 60.3 Å². The Bertz CT molecular complexity index is 278. The molecular formula is C14H28N2O. The Labute approximate surface area is 106 Å². The molecule has 0 radical (unpaired) electrons. The van der Waals surface area contributed by atoms with Crippen molar-refractivity contribution in [1.29, 1.82) is 0 Å². The van der Waals surface area contributed by atoms with Gasteiger partial charge in [-0.05, 0) is 30.1 Å². The average molecular weight is 240 g/mol. The molecule has 0 aromatic carbocycles. The molecule has 0 heterocycles. The standard InChI is InChI=1S/C14H28N2O/c1-13(2,3)11(15)12(17)16-10-7-6-8-14(4,5)9-10/h10-11H,6-9,15H2,1-5H3,(H,16,17)/t10?,11-/m0/s1. The highest BCUT2D eigenvalue weighted by molar-refractivity contribution is 5.82. The average Bonchev–Trinajstić information content (AvgIpc) is 2.13. The number of rotatable bonds is 2. The lowest BCUT2D eigenvalue weighted by molar-refractivity contribution is -0.125. The monoisotopic (exact) mass is 240 g/mol. The SMILES string of the molecule is CC1(C)CCCC(NC(=O)[C@H](N)C(C)(C)C)C1. The lowest BCUT2D eigenvalue weighted by Gasteiger charge is -2.37. The first kappa shape index (κ1) is 14.5. The van der Waals surface area contributed by atoms with E-state index in [0.29, 0.717) is 11.5 Å². The lowest BCUT2D eigenvalue weighted by atomic mass is 9.75. The van der Waals surface area contributed by atoms with Crippen LogP contribution in [0.3, 0.4) is 0 Å². The van der Waals surface area contributed by atoms with E-state index < -0.39 is 6.04 Å². The lowest BCUT2D eigenvalue weighted by Crippen LogP contribution is -2.52. The smallest absolute Gasteiger partial charge is 0.237 e. The largest absolute Gasteiger partial charge is 0.352 e. The van der Waals surface area contributed by atoms with Gasteiger partial charge in [0.05, 0.1) is 6.04 Å². The number of amides is 1. The zero-order chi connectivity index (χ0) is 13.3. The molecule has 1 rings (SSSR count). The molecule has 0 aliphatic heterocycles. The Morgan fingerprint density at radius 2 is 2.00 bits per heavy atom. The van der Waals surface area contributed by atoms with E-state index >= 15 is 0 Å². The Morgan fingerprint density at radius 3 is 2.47 bits per heavy atom. The molecule has 2 atom stereocenters. The summed E-state index contributed by atoms with van der Waals surface area (Å²) in [5.74, 6) is 0.000185. The summed E-state index contributed by atoms with van der Waals surface area (Å²) in [7, 11) is 0. The zero-order valence-corrected chi connectivity index (χ0v) is 12.0. The molecule has 1 unspecified atom stereocenters. The van der Waals surface area contributed by atoms with Gasteiger partial charge in [-0.3, -0.25) is 4.79 Å². The number of carbonyl (C=O) groups excluding carboxylic acids is 1. The fraction of sp³-hybridized carbons (Fsp3) is 0.929. The number of hydrogen-bond acceptors (Lipinski definition) is 2. The van der Waals surface area contributed by atoms with Gasteiger partial charge in [0.15, 0.2) is 0 Å². The maximum Gasteiger partial charge on any atom is 0.237 e. The van der Waals surface area contributed by atoms with E-state index in [2.05, 4.69) is 19.2 Å². The second-order valence-corrected chi connectivity index (χ2v) is 7.31. The Kier molecular flexibility index (Phi) is 4.23. The van der Waals surface area contributed by atoms with Crippen molar-refractivity contribution in [2.75, 3.05) is 0 Å². The van der Waals surface area contributed by atoms with E-state index in [-0.39, 0.29) is 11.3 Å². The maximum atomic E-state index is 12.0. The summed E-state index contributed by atoms with van der Waals surface area (Å²) in [5, 5.41) is 3.12. The maximum absolute atomic E-state index is 12.0. The molecule has 0 aromatic rings. The van der Waals surface area contributed by atoms with Gasteiger partial charge in [-0.1, -0.05) is 41.0 Å². The van der Waals surface area contributed by atoms with Crippen LogP contribution in [-0.2, 0) is 4.79 Å². The van der Waals surface area contributed by atoms with Gasteiger partial charge in [0, 0.05) is 6.04 Å². The van der Waals surface area contributed by atoms with Gasteiger partial charge >= 0.3 is 0 Å². The second kappa shape index (κ2) is 4.97. The van der Waals surface area contributed by atoms with Gasteiger partial charge in [0.25, 0.3) is 0 Å². The van der Waals surface area contributed by atoms with Gasteiger partial charge in [0.2, 0.25) is 5.91 Å². The first-order valence-electron chi connectivity index (χ1n) is 6.68. The van der Waals surface area contributed by atoms with E-state index in [0.717, 1.165) is 12.8 Å². The van der Waals surface area contributed by atoms with Crippen LogP contribution >= 0.6 is 0 Å². The molecule has 0 bridgehead atoms. The van der Waals surface area contributed by atoms with Crippen molar-refractivity contribution < 1.29 is 4.79 Å². The first-order chi connectivity index (χ1) is 7.62. The molecule has 1 saturated carbocycles. The van der Waals surface area contributed by atoms with Crippen molar-refractivity contribution in [1.82, 2.24) is 5.32 Å². The highest BCUT2D eigenvalue weighted by Gasteiger charge is 2.32. The summed E-state index contributed by atoms with van der Waals surface area (Å²) < 4.78 is 0. The van der Waals surface area contributed by atoms with Crippen LogP contribution in [0.4, 0.5) is 0 Å². The minimum Gasteiger partial charge on any atom is -0.352 e. The first-order valence-corrected chi connectivity index (χ1v) is 6.68. The molecule has 1 aliphatic rings. The van der Waals surface area contributed by atoms with E-state index in [1.165, 1.54) is 12.8 Å². The third-order valence-electron chi connectivity index (χ3n) is 3.77. The molecule has 0 saturated heterocycles. The highest BCUT2D eigenvalue weighted by atomic mass is 16.2. The predicted molar refractivity (Wildman–Crippen MR) is 71.6 cm³/mol. The number of nitrogens with two attached hydrogens (primary N) is 1. The molecule has 0 aromatic heterocycles. The van der Waals surface area contributed by atoms with Crippen LogP contribution in [0.2, 0.25) is 0 Å². The van der Waals surface area contributed by atoms with Crippen molar-refractivity contribution in [3.63, 3.8) is 0 Å². The van der Waals surface area contributed by atoms with Gasteiger partial charge in [-0.25, -0.2) is 0 Å². The molecule has 0 spiro atoms. The minimum atomic E-state index is -0.424. The molecule has 3 heteroatoms. The molecule has 1 aliphatic carbocycles. The van der Waals surface area contributed by atoms with Gasteiger partial charge in [-0.2, -0.15) is 0 Å². The van der Waals surface area contributed by atoms with Gasteiger partial charge in [0.1, 0.15) is 0 Å². The van der Waals surface area contributed by atoms with Crippen molar-refractivity contribution in [3.8, 4) is 0 Å². The van der Waals surface area contributed by atoms with Crippen LogP contribution < -0.4 is 11.1 Å². The molecule has 3 N–H and O–H groups in total. The normalized spacial score (nSPS) is 26.4. The summed E-state index contributed by atoms with van der Waals surface area (Å²) in [6, 6.07) is -0.118.